The molecule has 1 saturated heterocycles. The van der Waals surface area contributed by atoms with Crippen LogP contribution in [0, 0.1) is 5.41 Å². The average Bonchev–Trinajstić information content (AvgIpc) is 2.66. The van der Waals surface area contributed by atoms with Crippen LogP contribution < -0.4 is 0 Å². The summed E-state index contributed by atoms with van der Waals surface area (Å²) in [4.78, 5) is 23.8. The second-order valence-corrected chi connectivity index (χ2v) is 7.13. The van der Waals surface area contributed by atoms with Gasteiger partial charge in [0.25, 0.3) is 0 Å². The quantitative estimate of drug-likeness (QED) is 0.693. The van der Waals surface area contributed by atoms with E-state index in [1.54, 1.807) is 13.8 Å². The van der Waals surface area contributed by atoms with Crippen LogP contribution in [0.2, 0.25) is 0 Å². The zero-order valence-corrected chi connectivity index (χ0v) is 15.9. The van der Waals surface area contributed by atoms with Crippen molar-refractivity contribution in [3.8, 4) is 0 Å². The van der Waals surface area contributed by atoms with Gasteiger partial charge >= 0.3 is 11.9 Å². The Bertz CT molecular complexity index is 598. The Morgan fingerprint density at radius 1 is 1.12 bits per heavy atom. The lowest BCUT2D eigenvalue weighted by molar-refractivity contribution is -0.184. The first-order valence-corrected chi connectivity index (χ1v) is 8.83. The molecule has 0 saturated carbocycles. The smallest absolute Gasteiger partial charge is 0.313 e. The summed E-state index contributed by atoms with van der Waals surface area (Å²) in [6.07, 6.45) is 0.398. The van der Waals surface area contributed by atoms with Crippen molar-refractivity contribution in [1.29, 1.82) is 0 Å². The predicted molar refractivity (Wildman–Crippen MR) is 95.3 cm³/mol. The van der Waals surface area contributed by atoms with Gasteiger partial charge in [-0.2, -0.15) is 0 Å². The van der Waals surface area contributed by atoms with E-state index < -0.39 is 11.5 Å². The van der Waals surface area contributed by atoms with Crippen LogP contribution >= 0.6 is 0 Å². The largest absolute Gasteiger partial charge is 0.469 e. The summed E-state index contributed by atoms with van der Waals surface area (Å²) in [5, 5.41) is 0. The van der Waals surface area contributed by atoms with Gasteiger partial charge in [0.05, 0.1) is 51.0 Å². The maximum absolute atomic E-state index is 12.2. The zero-order chi connectivity index (χ0) is 19.2. The molecule has 0 spiro atoms. The van der Waals surface area contributed by atoms with E-state index in [1.165, 1.54) is 14.2 Å². The van der Waals surface area contributed by atoms with Gasteiger partial charge in [-0.15, -0.1) is 0 Å². The summed E-state index contributed by atoms with van der Waals surface area (Å²) < 4.78 is 21.8. The molecule has 6 nitrogen and oxygen atoms in total. The van der Waals surface area contributed by atoms with Crippen LogP contribution in [-0.2, 0) is 35.1 Å². The van der Waals surface area contributed by atoms with Crippen molar-refractivity contribution in [2.45, 2.75) is 58.0 Å². The van der Waals surface area contributed by atoms with Gasteiger partial charge in [-0.25, -0.2) is 0 Å². The molecule has 1 heterocycles. The maximum Gasteiger partial charge on any atom is 0.313 e. The van der Waals surface area contributed by atoms with Gasteiger partial charge in [-0.05, 0) is 19.4 Å². The molecule has 0 bridgehead atoms. The second-order valence-electron chi connectivity index (χ2n) is 7.13. The molecule has 0 aliphatic carbocycles. The Balaban J connectivity index is 2.08. The van der Waals surface area contributed by atoms with Gasteiger partial charge in [-0.1, -0.05) is 30.3 Å². The molecule has 3 atom stereocenters. The van der Waals surface area contributed by atoms with Crippen LogP contribution in [0.3, 0.4) is 0 Å². The van der Waals surface area contributed by atoms with Crippen LogP contribution in [-0.4, -0.2) is 44.5 Å². The fraction of sp³-hybridized carbons (Fsp3) is 0.600. The molecule has 26 heavy (non-hydrogen) atoms. The Hall–Kier alpha value is -1.92. The summed E-state index contributed by atoms with van der Waals surface area (Å²) in [5.74, 6) is -0.684. The van der Waals surface area contributed by atoms with Crippen LogP contribution in [0.25, 0.3) is 0 Å². The van der Waals surface area contributed by atoms with Crippen molar-refractivity contribution in [3.63, 3.8) is 0 Å². The minimum atomic E-state index is -0.835. The molecule has 2 rings (SSSR count). The van der Waals surface area contributed by atoms with Crippen molar-refractivity contribution in [2.75, 3.05) is 14.2 Å². The van der Waals surface area contributed by atoms with E-state index in [9.17, 15) is 9.59 Å². The number of hydrogen-bond acceptors (Lipinski definition) is 6. The second kappa shape index (κ2) is 9.14. The van der Waals surface area contributed by atoms with E-state index >= 15 is 0 Å². The molecule has 0 aromatic heterocycles. The Morgan fingerprint density at radius 3 is 2.42 bits per heavy atom. The monoisotopic (exact) mass is 364 g/mol. The maximum atomic E-state index is 12.2. The lowest BCUT2D eigenvalue weighted by Gasteiger charge is -2.41. The highest BCUT2D eigenvalue weighted by Gasteiger charge is 2.44. The molecule has 0 unspecified atom stereocenters. The number of hydrogen-bond donors (Lipinski definition) is 0. The molecule has 0 amide bonds. The van der Waals surface area contributed by atoms with Crippen molar-refractivity contribution in [3.05, 3.63) is 35.9 Å². The molecule has 0 N–H and O–H groups in total. The van der Waals surface area contributed by atoms with Gasteiger partial charge in [0.2, 0.25) is 0 Å². The van der Waals surface area contributed by atoms with Crippen LogP contribution in [0.5, 0.6) is 0 Å². The standard InChI is InChI=1S/C20H28O6/c1-20(2,19(22)24-4)17-11-15(10-16(26-17)12-18(21)23-3)25-13-14-8-6-5-7-9-14/h5-9,15-17H,10-13H2,1-4H3/t15-,16+,17+/m1/s1. The minimum absolute atomic E-state index is 0.118. The van der Waals surface area contributed by atoms with Crippen LogP contribution in [0.4, 0.5) is 0 Å². The third-order valence-electron chi connectivity index (χ3n) is 4.83. The number of methoxy groups -OCH3 is 2. The van der Waals surface area contributed by atoms with Gasteiger partial charge in [0, 0.05) is 12.8 Å². The molecule has 0 radical (unpaired) electrons. The first-order chi connectivity index (χ1) is 12.4. The zero-order valence-electron chi connectivity index (χ0n) is 15.9. The lowest BCUT2D eigenvalue weighted by Crippen LogP contribution is -2.48. The first-order valence-electron chi connectivity index (χ1n) is 8.83. The van der Waals surface area contributed by atoms with Gasteiger partial charge in [-0.3, -0.25) is 9.59 Å². The molecule has 6 heteroatoms. The molecule has 144 valence electrons. The highest BCUT2D eigenvalue weighted by Crippen LogP contribution is 2.36. The van der Waals surface area contributed by atoms with Crippen molar-refractivity contribution in [1.82, 2.24) is 0 Å². The first kappa shape index (κ1) is 20.4. The SMILES string of the molecule is COC(=O)C[C@@H]1C[C@@H](OCc2ccccc2)C[C@@H](C(C)(C)C(=O)OC)O1. The van der Waals surface area contributed by atoms with Gasteiger partial charge in [0.15, 0.2) is 0 Å². The number of benzene rings is 1. The topological polar surface area (TPSA) is 71.1 Å². The normalized spacial score (nSPS) is 23.3. The summed E-state index contributed by atoms with van der Waals surface area (Å²) in [6, 6.07) is 9.89. The van der Waals surface area contributed by atoms with Crippen molar-refractivity contribution in [2.24, 2.45) is 5.41 Å². The van der Waals surface area contributed by atoms with Gasteiger partial charge in [0.1, 0.15) is 0 Å². The molecular weight excluding hydrogens is 336 g/mol. The number of carbonyl (C=O) groups is 2. The highest BCUT2D eigenvalue weighted by atomic mass is 16.5. The van der Waals surface area contributed by atoms with E-state index in [0.717, 1.165) is 5.56 Å². The highest BCUT2D eigenvalue weighted by molar-refractivity contribution is 5.76. The molecule has 1 aliphatic rings. The minimum Gasteiger partial charge on any atom is -0.469 e. The summed E-state index contributed by atoms with van der Waals surface area (Å²) in [7, 11) is 2.71. The third kappa shape index (κ3) is 5.29. The third-order valence-corrected chi connectivity index (χ3v) is 4.83. The van der Waals surface area contributed by atoms with Crippen LogP contribution in [0.1, 0.15) is 38.7 Å². The summed E-state index contributed by atoms with van der Waals surface area (Å²) in [6.45, 7) is 4.05. The summed E-state index contributed by atoms with van der Waals surface area (Å²) in [5.41, 5.74) is 0.241. The van der Waals surface area contributed by atoms with Crippen molar-refractivity contribution < 1.29 is 28.5 Å². The van der Waals surface area contributed by atoms with E-state index in [4.69, 9.17) is 18.9 Å². The fourth-order valence-corrected chi connectivity index (χ4v) is 3.16. The van der Waals surface area contributed by atoms with E-state index in [-0.39, 0.29) is 30.6 Å². The molecular formula is C20H28O6. The van der Waals surface area contributed by atoms with Crippen molar-refractivity contribution >= 4 is 11.9 Å². The average molecular weight is 364 g/mol. The Morgan fingerprint density at radius 2 is 1.81 bits per heavy atom. The molecule has 1 aromatic rings. The van der Waals surface area contributed by atoms with E-state index in [2.05, 4.69) is 0 Å². The number of esters is 2. The molecule has 1 aromatic carbocycles. The number of carbonyl (C=O) groups excluding carboxylic acids is 2. The molecule has 1 fully saturated rings. The number of rotatable bonds is 7. The lowest BCUT2D eigenvalue weighted by atomic mass is 9.80. The Labute approximate surface area is 154 Å². The Kier molecular flexibility index (Phi) is 7.17. The van der Waals surface area contributed by atoms with E-state index in [0.29, 0.717) is 19.4 Å². The summed E-state index contributed by atoms with van der Waals surface area (Å²) >= 11 is 0. The van der Waals surface area contributed by atoms with Crippen LogP contribution in [0.15, 0.2) is 30.3 Å². The fourth-order valence-electron chi connectivity index (χ4n) is 3.16. The number of ether oxygens (including phenoxy) is 4. The predicted octanol–water partition coefficient (Wildman–Crippen LogP) is 2.88. The molecule has 1 aliphatic heterocycles. The van der Waals surface area contributed by atoms with Gasteiger partial charge < -0.3 is 18.9 Å². The van der Waals surface area contributed by atoms with E-state index in [1.807, 2.05) is 30.3 Å².